The fourth-order valence-corrected chi connectivity index (χ4v) is 5.11. The largest absolute Gasteiger partial charge is 0.311 e. The van der Waals surface area contributed by atoms with Crippen LogP contribution in [-0.2, 0) is 10.0 Å². The second-order valence-electron chi connectivity index (χ2n) is 5.53. The first-order chi connectivity index (χ1) is 9.42. The number of hydrogen-bond donors (Lipinski definition) is 2. The van der Waals surface area contributed by atoms with Crippen LogP contribution < -0.4 is 10.0 Å². The van der Waals surface area contributed by atoms with Gasteiger partial charge in [0.15, 0.2) is 0 Å². The molecule has 0 aromatic heterocycles. The molecule has 2 fully saturated rings. The number of nitrogens with one attached hydrogen (secondary N) is 2. The number of rotatable bonds is 3. The summed E-state index contributed by atoms with van der Waals surface area (Å²) in [7, 11) is -3.57. The Morgan fingerprint density at radius 3 is 2.15 bits per heavy atom. The molecule has 2 aliphatic rings. The van der Waals surface area contributed by atoms with Crippen LogP contribution in [0, 0.1) is 0 Å². The summed E-state index contributed by atoms with van der Waals surface area (Å²) in [6.07, 6.45) is 3.94. The molecule has 0 amide bonds. The lowest BCUT2D eigenvalue weighted by Crippen LogP contribution is -2.47. The quantitative estimate of drug-likeness (QED) is 0.893. The van der Waals surface area contributed by atoms with Crippen molar-refractivity contribution in [3.8, 4) is 0 Å². The molecular weight excluding hydrogens is 319 g/mol. The van der Waals surface area contributed by atoms with Crippen molar-refractivity contribution in [2.45, 2.75) is 48.7 Å². The Hall–Kier alpha value is -0.330. The average molecular weight is 335 g/mol. The first-order valence-corrected chi connectivity index (χ1v) is 8.91. The maximum atomic E-state index is 12.4. The van der Waals surface area contributed by atoms with Gasteiger partial charge in [0.1, 0.15) is 0 Å². The molecule has 0 radical (unpaired) electrons. The summed E-state index contributed by atoms with van der Waals surface area (Å²) in [4.78, 5) is 0.126. The van der Waals surface area contributed by atoms with Gasteiger partial charge >= 0.3 is 0 Å². The van der Waals surface area contributed by atoms with Crippen LogP contribution in [0.15, 0.2) is 23.1 Å². The molecule has 0 spiro atoms. The van der Waals surface area contributed by atoms with Gasteiger partial charge in [-0.15, -0.1) is 0 Å². The zero-order valence-corrected chi connectivity index (χ0v) is 13.1. The van der Waals surface area contributed by atoms with E-state index in [4.69, 9.17) is 23.2 Å². The molecule has 110 valence electrons. The summed E-state index contributed by atoms with van der Waals surface area (Å²) < 4.78 is 27.6. The number of fused-ring (bicyclic) bond motifs is 2. The second kappa shape index (κ2) is 5.46. The Kier molecular flexibility index (Phi) is 3.99. The van der Waals surface area contributed by atoms with Gasteiger partial charge < -0.3 is 5.32 Å². The van der Waals surface area contributed by atoms with E-state index >= 15 is 0 Å². The molecule has 2 aliphatic heterocycles. The molecule has 4 nitrogen and oxygen atoms in total. The van der Waals surface area contributed by atoms with Crippen LogP contribution in [0.25, 0.3) is 0 Å². The molecule has 2 saturated heterocycles. The molecule has 2 atom stereocenters. The zero-order valence-electron chi connectivity index (χ0n) is 10.8. The number of sulfonamides is 1. The Bertz CT molecular complexity index is 589. The molecule has 1 aromatic carbocycles. The molecule has 2 bridgehead atoms. The van der Waals surface area contributed by atoms with Crippen molar-refractivity contribution < 1.29 is 8.42 Å². The Morgan fingerprint density at radius 2 is 1.60 bits per heavy atom. The van der Waals surface area contributed by atoms with E-state index in [1.807, 2.05) is 0 Å². The molecule has 7 heteroatoms. The van der Waals surface area contributed by atoms with E-state index in [0.29, 0.717) is 22.1 Å². The first-order valence-electron chi connectivity index (χ1n) is 6.67. The predicted octanol–water partition coefficient (Wildman–Crippen LogP) is 2.55. The molecule has 1 aromatic rings. The van der Waals surface area contributed by atoms with Crippen LogP contribution in [-0.4, -0.2) is 26.5 Å². The number of piperidine rings is 1. The lowest BCUT2D eigenvalue weighted by Gasteiger charge is -2.29. The van der Waals surface area contributed by atoms with E-state index < -0.39 is 10.0 Å². The number of hydrogen-bond acceptors (Lipinski definition) is 3. The van der Waals surface area contributed by atoms with E-state index in [9.17, 15) is 8.42 Å². The first kappa shape index (κ1) is 14.6. The maximum absolute atomic E-state index is 12.4. The third-order valence-electron chi connectivity index (χ3n) is 3.94. The highest BCUT2D eigenvalue weighted by atomic mass is 35.5. The lowest BCUT2D eigenvalue weighted by atomic mass is 10.0. The summed E-state index contributed by atoms with van der Waals surface area (Å²) in [6, 6.07) is 5.22. The van der Waals surface area contributed by atoms with E-state index in [2.05, 4.69) is 10.0 Å². The molecule has 2 heterocycles. The van der Waals surface area contributed by atoms with Crippen LogP contribution in [0.2, 0.25) is 10.0 Å². The molecule has 0 saturated carbocycles. The van der Waals surface area contributed by atoms with Crippen LogP contribution in [0.4, 0.5) is 0 Å². The molecular formula is C13H16Cl2N2O2S. The normalized spacial score (nSPS) is 29.6. The highest BCUT2D eigenvalue weighted by Crippen LogP contribution is 2.28. The van der Waals surface area contributed by atoms with Crippen LogP contribution in [0.3, 0.4) is 0 Å². The predicted molar refractivity (Wildman–Crippen MR) is 79.8 cm³/mol. The van der Waals surface area contributed by atoms with Crippen molar-refractivity contribution >= 4 is 33.2 Å². The van der Waals surface area contributed by atoms with Crippen LogP contribution >= 0.6 is 23.2 Å². The van der Waals surface area contributed by atoms with Crippen molar-refractivity contribution in [2.24, 2.45) is 0 Å². The number of benzene rings is 1. The van der Waals surface area contributed by atoms with Gasteiger partial charge in [0.25, 0.3) is 0 Å². The fraction of sp³-hybridized carbons (Fsp3) is 0.538. The minimum Gasteiger partial charge on any atom is -0.311 e. The van der Waals surface area contributed by atoms with E-state index in [1.54, 1.807) is 0 Å². The maximum Gasteiger partial charge on any atom is 0.240 e. The van der Waals surface area contributed by atoms with Gasteiger partial charge in [0.2, 0.25) is 10.0 Å². The van der Waals surface area contributed by atoms with Gasteiger partial charge in [-0.25, -0.2) is 13.1 Å². The highest BCUT2D eigenvalue weighted by Gasteiger charge is 2.35. The van der Waals surface area contributed by atoms with Gasteiger partial charge in [-0.1, -0.05) is 23.2 Å². The Balaban J connectivity index is 1.78. The molecule has 3 rings (SSSR count). The zero-order chi connectivity index (χ0) is 14.3. The van der Waals surface area contributed by atoms with Crippen molar-refractivity contribution in [1.82, 2.24) is 10.0 Å². The molecule has 0 aliphatic carbocycles. The smallest absolute Gasteiger partial charge is 0.240 e. The van der Waals surface area contributed by atoms with E-state index in [-0.39, 0.29) is 10.9 Å². The summed E-state index contributed by atoms with van der Waals surface area (Å²) in [5, 5.41) is 4.13. The average Bonchev–Trinajstić information content (AvgIpc) is 2.67. The van der Waals surface area contributed by atoms with Crippen LogP contribution in [0.1, 0.15) is 25.7 Å². The monoisotopic (exact) mass is 334 g/mol. The van der Waals surface area contributed by atoms with Crippen molar-refractivity contribution in [3.63, 3.8) is 0 Å². The van der Waals surface area contributed by atoms with Gasteiger partial charge in [-0.05, 0) is 43.9 Å². The fourth-order valence-electron chi connectivity index (χ4n) is 3.12. The summed E-state index contributed by atoms with van der Waals surface area (Å²) in [5.41, 5.74) is 0. The standard InChI is InChI=1S/C13H16Cl2N2O2S/c14-8-3-9(15)5-13(4-8)20(18,19)17-12-6-10-1-2-11(7-12)16-10/h3-5,10-12,16-17H,1-2,6-7H2. The Labute approximate surface area is 128 Å². The summed E-state index contributed by atoms with van der Waals surface area (Å²) >= 11 is 11.7. The Morgan fingerprint density at radius 1 is 1.05 bits per heavy atom. The van der Waals surface area contributed by atoms with Crippen molar-refractivity contribution in [1.29, 1.82) is 0 Å². The van der Waals surface area contributed by atoms with Gasteiger partial charge in [0, 0.05) is 28.2 Å². The molecule has 2 N–H and O–H groups in total. The SMILES string of the molecule is O=S(=O)(NC1CC2CCC(C1)N2)c1cc(Cl)cc(Cl)c1. The van der Waals surface area contributed by atoms with Crippen LogP contribution in [0.5, 0.6) is 0 Å². The van der Waals surface area contributed by atoms with Crippen molar-refractivity contribution in [3.05, 3.63) is 28.2 Å². The lowest BCUT2D eigenvalue weighted by molar-refractivity contribution is 0.345. The van der Waals surface area contributed by atoms with E-state index in [1.165, 1.54) is 18.2 Å². The van der Waals surface area contributed by atoms with Gasteiger partial charge in [0.05, 0.1) is 4.90 Å². The van der Waals surface area contributed by atoms with E-state index in [0.717, 1.165) is 25.7 Å². The molecule has 2 unspecified atom stereocenters. The summed E-state index contributed by atoms with van der Waals surface area (Å²) in [5.74, 6) is 0. The topological polar surface area (TPSA) is 58.2 Å². The minimum atomic E-state index is -3.57. The second-order valence-corrected chi connectivity index (χ2v) is 8.12. The minimum absolute atomic E-state index is 0.0171. The van der Waals surface area contributed by atoms with Gasteiger partial charge in [-0.3, -0.25) is 0 Å². The third-order valence-corrected chi connectivity index (χ3v) is 5.88. The number of halogens is 2. The van der Waals surface area contributed by atoms with Crippen molar-refractivity contribution in [2.75, 3.05) is 0 Å². The van der Waals surface area contributed by atoms with Gasteiger partial charge in [-0.2, -0.15) is 0 Å². The molecule has 20 heavy (non-hydrogen) atoms. The highest BCUT2D eigenvalue weighted by molar-refractivity contribution is 7.89. The summed E-state index contributed by atoms with van der Waals surface area (Å²) in [6.45, 7) is 0. The third kappa shape index (κ3) is 3.12.